The van der Waals surface area contributed by atoms with Crippen LogP contribution in [0.4, 0.5) is 0 Å². The molecule has 24 heavy (non-hydrogen) atoms. The fraction of sp³-hybridized carbons (Fsp3) is 0.600. The lowest BCUT2D eigenvalue weighted by atomic mass is 9.57. The first-order valence-corrected chi connectivity index (χ1v) is 8.78. The van der Waals surface area contributed by atoms with Gasteiger partial charge in [0.1, 0.15) is 0 Å². The van der Waals surface area contributed by atoms with E-state index in [2.05, 4.69) is 37.2 Å². The SMILES string of the molecule is COc1ccc2c(c1OC)[C@@]1(CCN(C)C)C[C@H](O)CC[C@@H]1C=C2. The highest BCUT2D eigenvalue weighted by Gasteiger charge is 2.48. The highest BCUT2D eigenvalue weighted by Crippen LogP contribution is 2.55. The average molecular weight is 331 g/mol. The van der Waals surface area contributed by atoms with Crippen LogP contribution in [0.5, 0.6) is 11.5 Å². The molecule has 3 rings (SSSR count). The summed E-state index contributed by atoms with van der Waals surface area (Å²) in [6.07, 6.45) is 7.99. The first kappa shape index (κ1) is 17.3. The van der Waals surface area contributed by atoms with E-state index in [-0.39, 0.29) is 11.5 Å². The van der Waals surface area contributed by atoms with Crippen molar-refractivity contribution in [2.24, 2.45) is 5.92 Å². The second kappa shape index (κ2) is 6.77. The van der Waals surface area contributed by atoms with E-state index in [9.17, 15) is 5.11 Å². The number of aliphatic hydroxyl groups is 1. The predicted molar refractivity (Wildman–Crippen MR) is 96.8 cm³/mol. The molecule has 0 spiro atoms. The fourth-order valence-corrected chi connectivity index (χ4v) is 4.54. The number of allylic oxidation sites excluding steroid dienone is 1. The summed E-state index contributed by atoms with van der Waals surface area (Å²) < 4.78 is 11.4. The third-order valence-electron chi connectivity index (χ3n) is 5.71. The van der Waals surface area contributed by atoms with E-state index in [0.29, 0.717) is 5.92 Å². The molecule has 0 bridgehead atoms. The smallest absolute Gasteiger partial charge is 0.165 e. The lowest BCUT2D eigenvalue weighted by Crippen LogP contribution is -2.45. The lowest BCUT2D eigenvalue weighted by molar-refractivity contribution is 0.0518. The van der Waals surface area contributed by atoms with Gasteiger partial charge >= 0.3 is 0 Å². The van der Waals surface area contributed by atoms with Gasteiger partial charge in [0.05, 0.1) is 20.3 Å². The van der Waals surface area contributed by atoms with Crippen molar-refractivity contribution in [3.8, 4) is 11.5 Å². The van der Waals surface area contributed by atoms with Gasteiger partial charge in [0.25, 0.3) is 0 Å². The van der Waals surface area contributed by atoms with Gasteiger partial charge < -0.3 is 19.5 Å². The van der Waals surface area contributed by atoms with Crippen LogP contribution in [-0.2, 0) is 5.41 Å². The number of hydrogen-bond acceptors (Lipinski definition) is 4. The van der Waals surface area contributed by atoms with Crippen molar-refractivity contribution in [1.29, 1.82) is 0 Å². The van der Waals surface area contributed by atoms with Crippen molar-refractivity contribution < 1.29 is 14.6 Å². The normalized spacial score (nSPS) is 28.4. The van der Waals surface area contributed by atoms with Gasteiger partial charge in [-0.25, -0.2) is 0 Å². The quantitative estimate of drug-likeness (QED) is 0.900. The summed E-state index contributed by atoms with van der Waals surface area (Å²) in [5.74, 6) is 2.04. The van der Waals surface area contributed by atoms with Crippen LogP contribution in [0.25, 0.3) is 6.08 Å². The number of benzene rings is 1. The van der Waals surface area contributed by atoms with Crippen molar-refractivity contribution in [2.75, 3.05) is 34.9 Å². The van der Waals surface area contributed by atoms with Crippen molar-refractivity contribution in [3.63, 3.8) is 0 Å². The van der Waals surface area contributed by atoms with Crippen molar-refractivity contribution >= 4 is 6.08 Å². The van der Waals surface area contributed by atoms with Gasteiger partial charge in [-0.15, -0.1) is 0 Å². The maximum atomic E-state index is 10.5. The maximum absolute atomic E-state index is 10.5. The minimum atomic E-state index is -0.251. The van der Waals surface area contributed by atoms with Crippen LogP contribution in [0, 0.1) is 5.92 Å². The summed E-state index contributed by atoms with van der Waals surface area (Å²) in [5, 5.41) is 10.5. The molecule has 0 saturated heterocycles. The molecule has 0 aliphatic heterocycles. The molecule has 2 aliphatic carbocycles. The molecule has 0 heterocycles. The monoisotopic (exact) mass is 331 g/mol. The molecule has 0 unspecified atom stereocenters. The minimum Gasteiger partial charge on any atom is -0.493 e. The molecule has 4 heteroatoms. The Bertz CT molecular complexity index is 626. The zero-order valence-electron chi connectivity index (χ0n) is 15.2. The van der Waals surface area contributed by atoms with E-state index in [0.717, 1.165) is 43.7 Å². The van der Waals surface area contributed by atoms with Crippen LogP contribution in [0.15, 0.2) is 18.2 Å². The van der Waals surface area contributed by atoms with Gasteiger partial charge in [0.2, 0.25) is 0 Å². The Balaban J connectivity index is 2.17. The highest BCUT2D eigenvalue weighted by molar-refractivity contribution is 5.68. The highest BCUT2D eigenvalue weighted by atomic mass is 16.5. The Kier molecular flexibility index (Phi) is 4.88. The molecule has 1 fully saturated rings. The minimum absolute atomic E-state index is 0.0914. The van der Waals surface area contributed by atoms with E-state index in [1.54, 1.807) is 14.2 Å². The summed E-state index contributed by atoms with van der Waals surface area (Å²) in [4.78, 5) is 2.22. The number of methoxy groups -OCH3 is 2. The van der Waals surface area contributed by atoms with Crippen molar-refractivity contribution in [2.45, 2.75) is 37.2 Å². The molecule has 4 nitrogen and oxygen atoms in total. The van der Waals surface area contributed by atoms with Gasteiger partial charge in [-0.1, -0.05) is 18.2 Å². The maximum Gasteiger partial charge on any atom is 0.165 e. The van der Waals surface area contributed by atoms with Gasteiger partial charge in [-0.2, -0.15) is 0 Å². The largest absolute Gasteiger partial charge is 0.493 e. The first-order chi connectivity index (χ1) is 11.5. The second-order valence-corrected chi connectivity index (χ2v) is 7.38. The number of rotatable bonds is 5. The van der Waals surface area contributed by atoms with Gasteiger partial charge in [0, 0.05) is 11.0 Å². The molecule has 1 aromatic carbocycles. The zero-order valence-corrected chi connectivity index (χ0v) is 15.2. The summed E-state index contributed by atoms with van der Waals surface area (Å²) >= 11 is 0. The van der Waals surface area contributed by atoms with Gasteiger partial charge in [-0.3, -0.25) is 0 Å². The molecule has 132 valence electrons. The van der Waals surface area contributed by atoms with Crippen LogP contribution < -0.4 is 9.47 Å². The third kappa shape index (κ3) is 2.82. The van der Waals surface area contributed by atoms with Crippen LogP contribution in [0.2, 0.25) is 0 Å². The molecule has 1 aromatic rings. The fourth-order valence-electron chi connectivity index (χ4n) is 4.54. The average Bonchev–Trinajstić information content (AvgIpc) is 2.58. The summed E-state index contributed by atoms with van der Waals surface area (Å²) in [6.45, 7) is 0.983. The lowest BCUT2D eigenvalue weighted by Gasteiger charge is -2.49. The third-order valence-corrected chi connectivity index (χ3v) is 5.71. The van der Waals surface area contributed by atoms with Crippen molar-refractivity contribution in [1.82, 2.24) is 4.90 Å². The number of hydrogen-bond donors (Lipinski definition) is 1. The molecule has 3 atom stereocenters. The van der Waals surface area contributed by atoms with Crippen LogP contribution in [0.1, 0.15) is 36.8 Å². The molecule has 1 saturated carbocycles. The van der Waals surface area contributed by atoms with E-state index >= 15 is 0 Å². The van der Waals surface area contributed by atoms with E-state index < -0.39 is 0 Å². The van der Waals surface area contributed by atoms with Crippen LogP contribution in [-0.4, -0.2) is 51.0 Å². The molecule has 2 aliphatic rings. The van der Waals surface area contributed by atoms with E-state index in [1.165, 1.54) is 11.1 Å². The number of aliphatic hydroxyl groups excluding tert-OH is 1. The Morgan fingerprint density at radius 3 is 2.67 bits per heavy atom. The summed E-state index contributed by atoms with van der Waals surface area (Å²) in [6, 6.07) is 4.09. The van der Waals surface area contributed by atoms with Crippen LogP contribution >= 0.6 is 0 Å². The van der Waals surface area contributed by atoms with E-state index in [1.807, 2.05) is 6.07 Å². The molecule has 0 amide bonds. The first-order valence-electron chi connectivity index (χ1n) is 8.78. The molecule has 0 radical (unpaired) electrons. The molecule has 0 aromatic heterocycles. The Labute approximate surface area is 145 Å². The standard InChI is InChI=1S/C20H29NO3/c1-21(2)12-11-20-13-16(22)9-8-15(20)7-5-14-6-10-17(23-3)19(24-4)18(14)20/h5-7,10,15-16,22H,8-9,11-13H2,1-4H3/t15-,16+,20-/m0/s1. The Hall–Kier alpha value is -1.52. The van der Waals surface area contributed by atoms with E-state index in [4.69, 9.17) is 9.47 Å². The summed E-state index contributed by atoms with van der Waals surface area (Å²) in [7, 11) is 7.60. The molecular formula is C20H29NO3. The van der Waals surface area contributed by atoms with Gasteiger partial charge in [-0.05, 0) is 63.9 Å². The predicted octanol–water partition coefficient (Wildman–Crippen LogP) is 3.08. The number of fused-ring (bicyclic) bond motifs is 3. The summed E-state index contributed by atoms with van der Waals surface area (Å²) in [5.41, 5.74) is 2.32. The Morgan fingerprint density at radius 2 is 2.00 bits per heavy atom. The topological polar surface area (TPSA) is 41.9 Å². The second-order valence-electron chi connectivity index (χ2n) is 7.38. The Morgan fingerprint density at radius 1 is 1.21 bits per heavy atom. The van der Waals surface area contributed by atoms with Crippen molar-refractivity contribution in [3.05, 3.63) is 29.3 Å². The molecule has 1 N–H and O–H groups in total. The van der Waals surface area contributed by atoms with Gasteiger partial charge in [0.15, 0.2) is 11.5 Å². The van der Waals surface area contributed by atoms with Crippen LogP contribution in [0.3, 0.4) is 0 Å². The number of nitrogens with zero attached hydrogens (tertiary/aromatic N) is 1. The number of ether oxygens (including phenoxy) is 2. The molecular weight excluding hydrogens is 302 g/mol. The zero-order chi connectivity index (χ0) is 17.3.